The van der Waals surface area contributed by atoms with Gasteiger partial charge in [0.25, 0.3) is 5.91 Å². The lowest BCUT2D eigenvalue weighted by Gasteiger charge is -2.42. The van der Waals surface area contributed by atoms with Gasteiger partial charge in [-0.3, -0.25) is 24.4 Å². The second-order valence-electron chi connectivity index (χ2n) is 9.83. The van der Waals surface area contributed by atoms with Crippen molar-refractivity contribution in [3.63, 3.8) is 0 Å². The minimum atomic E-state index is -1.19. The summed E-state index contributed by atoms with van der Waals surface area (Å²) in [5.74, 6) is -0.167. The van der Waals surface area contributed by atoms with Crippen LogP contribution in [-0.4, -0.2) is 76.8 Å². The minimum Gasteiger partial charge on any atom is -0.341 e. The molecule has 0 saturated carbocycles. The van der Waals surface area contributed by atoms with E-state index in [2.05, 4.69) is 15.2 Å². The number of amides is 4. The van der Waals surface area contributed by atoms with Gasteiger partial charge in [-0.05, 0) is 69.3 Å². The molecule has 186 valence electrons. The zero-order valence-corrected chi connectivity index (χ0v) is 21.0. The lowest BCUT2D eigenvalue weighted by atomic mass is 9.75. The van der Waals surface area contributed by atoms with Gasteiger partial charge in [-0.25, -0.2) is 4.79 Å². The van der Waals surface area contributed by atoms with E-state index in [-0.39, 0.29) is 29.8 Å². The summed E-state index contributed by atoms with van der Waals surface area (Å²) in [6.07, 6.45) is 6.72. The van der Waals surface area contributed by atoms with Crippen LogP contribution in [0.2, 0.25) is 0 Å². The average Bonchev–Trinajstić information content (AvgIpc) is 3.50. The van der Waals surface area contributed by atoms with Crippen molar-refractivity contribution in [1.29, 1.82) is 0 Å². The fourth-order valence-corrected chi connectivity index (χ4v) is 6.56. The highest BCUT2D eigenvalue weighted by Crippen LogP contribution is 2.41. The van der Waals surface area contributed by atoms with Crippen molar-refractivity contribution in [2.45, 2.75) is 50.1 Å². The van der Waals surface area contributed by atoms with Crippen LogP contribution in [0.4, 0.5) is 4.79 Å². The Labute approximate surface area is 210 Å². The van der Waals surface area contributed by atoms with Gasteiger partial charge < -0.3 is 10.2 Å². The molecule has 3 saturated heterocycles. The first kappa shape index (κ1) is 23.9. The van der Waals surface area contributed by atoms with Crippen LogP contribution in [0.15, 0.2) is 41.9 Å². The van der Waals surface area contributed by atoms with E-state index in [1.165, 1.54) is 4.90 Å². The maximum Gasteiger partial charge on any atom is 0.325 e. The molecule has 8 nitrogen and oxygen atoms in total. The topological polar surface area (TPSA) is 85.8 Å². The Morgan fingerprint density at radius 2 is 1.94 bits per heavy atom. The zero-order chi connectivity index (χ0) is 24.4. The molecular weight excluding hydrogens is 462 g/mol. The van der Waals surface area contributed by atoms with Crippen LogP contribution >= 0.6 is 11.3 Å². The van der Waals surface area contributed by atoms with E-state index < -0.39 is 5.54 Å². The van der Waals surface area contributed by atoms with Gasteiger partial charge in [-0.15, -0.1) is 11.3 Å². The number of carbonyl (C=O) groups excluding carboxylic acids is 3. The molecule has 1 N–H and O–H groups in total. The quantitative estimate of drug-likeness (QED) is 0.623. The summed E-state index contributed by atoms with van der Waals surface area (Å²) in [6.45, 7) is 2.46. The van der Waals surface area contributed by atoms with E-state index in [0.717, 1.165) is 30.7 Å². The van der Waals surface area contributed by atoms with Crippen molar-refractivity contribution in [2.24, 2.45) is 5.92 Å². The van der Waals surface area contributed by atoms with Crippen LogP contribution in [0.25, 0.3) is 0 Å². The number of carbonyl (C=O) groups is 3. The maximum atomic E-state index is 13.9. The first-order valence-electron chi connectivity index (χ1n) is 12.6. The normalized spacial score (nSPS) is 26.3. The van der Waals surface area contributed by atoms with Crippen LogP contribution in [0, 0.1) is 5.92 Å². The number of hydrogen-bond donors (Lipinski definition) is 1. The number of urea groups is 1. The second kappa shape index (κ2) is 10.1. The Morgan fingerprint density at radius 3 is 2.63 bits per heavy atom. The Kier molecular flexibility index (Phi) is 6.88. The summed E-state index contributed by atoms with van der Waals surface area (Å²) < 4.78 is 0. The number of nitrogens with zero attached hydrogens (tertiary/aromatic N) is 4. The lowest BCUT2D eigenvalue weighted by Crippen LogP contribution is -2.56. The Hall–Kier alpha value is -2.78. The summed E-state index contributed by atoms with van der Waals surface area (Å²) in [6, 6.07) is 9.08. The highest BCUT2D eigenvalue weighted by Gasteiger charge is 2.58. The smallest absolute Gasteiger partial charge is 0.325 e. The van der Waals surface area contributed by atoms with Crippen molar-refractivity contribution in [3.05, 3.63) is 52.5 Å². The summed E-state index contributed by atoms with van der Waals surface area (Å²) in [5.41, 5.74) is -0.612. The van der Waals surface area contributed by atoms with Gasteiger partial charge in [-0.2, -0.15) is 0 Å². The summed E-state index contributed by atoms with van der Waals surface area (Å²) in [5, 5.41) is 5.06. The van der Waals surface area contributed by atoms with Gasteiger partial charge in [0.1, 0.15) is 0 Å². The third-order valence-electron chi connectivity index (χ3n) is 7.84. The molecule has 3 aliphatic rings. The van der Waals surface area contributed by atoms with Gasteiger partial charge in [0, 0.05) is 36.6 Å². The van der Waals surface area contributed by atoms with Crippen molar-refractivity contribution in [3.8, 4) is 0 Å². The number of thiophene rings is 1. The summed E-state index contributed by atoms with van der Waals surface area (Å²) in [4.78, 5) is 51.4. The first-order valence-corrected chi connectivity index (χ1v) is 13.5. The van der Waals surface area contributed by atoms with E-state index in [4.69, 9.17) is 0 Å². The van der Waals surface area contributed by atoms with Crippen LogP contribution in [0.1, 0.15) is 42.7 Å². The average molecular weight is 496 g/mol. The summed E-state index contributed by atoms with van der Waals surface area (Å²) >= 11 is 1.62. The minimum absolute atomic E-state index is 0.0504. The van der Waals surface area contributed by atoms with Gasteiger partial charge in [0.15, 0.2) is 5.54 Å². The largest absolute Gasteiger partial charge is 0.341 e. The molecule has 5 rings (SSSR count). The van der Waals surface area contributed by atoms with E-state index in [1.807, 2.05) is 47.7 Å². The maximum absolute atomic E-state index is 13.9. The second-order valence-corrected chi connectivity index (χ2v) is 10.9. The van der Waals surface area contributed by atoms with Gasteiger partial charge in [0.05, 0.1) is 11.7 Å². The number of likely N-dealkylation sites (tertiary alicyclic amines) is 2. The molecular formula is C26H33N5O3S. The molecule has 0 spiro atoms. The van der Waals surface area contributed by atoms with Crippen molar-refractivity contribution < 1.29 is 14.4 Å². The van der Waals surface area contributed by atoms with Crippen molar-refractivity contribution in [1.82, 2.24) is 25.0 Å². The first-order chi connectivity index (χ1) is 17.0. The van der Waals surface area contributed by atoms with Crippen LogP contribution in [0.5, 0.6) is 0 Å². The SMILES string of the molecule is CN1CCCC[C@H]1C(=O)N1CCC([C@]2(c3ccccn3)NC(=O)N(CCc3cccs3)C2=O)CC1. The molecule has 3 fully saturated rings. The molecule has 9 heteroatoms. The number of aromatic nitrogens is 1. The van der Waals surface area contributed by atoms with Gasteiger partial charge in [-0.1, -0.05) is 18.6 Å². The predicted molar refractivity (Wildman–Crippen MR) is 134 cm³/mol. The number of pyridine rings is 1. The molecule has 2 aromatic heterocycles. The third-order valence-corrected chi connectivity index (χ3v) is 8.77. The predicted octanol–water partition coefficient (Wildman–Crippen LogP) is 2.86. The molecule has 0 unspecified atom stereocenters. The number of hydrogen-bond acceptors (Lipinski definition) is 6. The molecule has 4 amide bonds. The fraction of sp³-hybridized carbons (Fsp3) is 0.538. The number of piperidine rings is 2. The van der Waals surface area contributed by atoms with E-state index in [1.54, 1.807) is 17.5 Å². The summed E-state index contributed by atoms with van der Waals surface area (Å²) in [7, 11) is 2.03. The fourth-order valence-electron chi connectivity index (χ4n) is 5.86. The lowest BCUT2D eigenvalue weighted by molar-refractivity contribution is -0.140. The van der Waals surface area contributed by atoms with Crippen LogP contribution in [0.3, 0.4) is 0 Å². The zero-order valence-electron chi connectivity index (χ0n) is 20.2. The number of imide groups is 1. The van der Waals surface area contributed by atoms with E-state index >= 15 is 0 Å². The van der Waals surface area contributed by atoms with E-state index in [0.29, 0.717) is 44.6 Å². The molecule has 0 radical (unpaired) electrons. The highest BCUT2D eigenvalue weighted by molar-refractivity contribution is 7.09. The molecule has 3 aliphatic heterocycles. The Bertz CT molecular complexity index is 1050. The van der Waals surface area contributed by atoms with Crippen LogP contribution in [-0.2, 0) is 21.5 Å². The van der Waals surface area contributed by atoms with Gasteiger partial charge >= 0.3 is 6.03 Å². The molecule has 2 atom stereocenters. The van der Waals surface area contributed by atoms with Gasteiger partial charge in [0.2, 0.25) is 5.91 Å². The standard InChI is InChI=1S/C26H33N5O3S/c1-29-14-5-3-8-21(29)23(32)30-15-10-19(11-16-30)26(22-9-2-4-13-27-22)24(33)31(25(34)28-26)17-12-20-7-6-18-35-20/h2,4,6-7,9,13,18-19,21H,3,5,8,10-12,14-17H2,1H3,(H,28,34)/t21-,26+/m0/s1. The Morgan fingerprint density at radius 1 is 1.11 bits per heavy atom. The number of rotatable bonds is 6. The molecule has 0 aliphatic carbocycles. The van der Waals surface area contributed by atoms with Crippen molar-refractivity contribution >= 4 is 29.2 Å². The molecule has 5 heterocycles. The van der Waals surface area contributed by atoms with E-state index in [9.17, 15) is 14.4 Å². The number of likely N-dealkylation sites (N-methyl/N-ethyl adjacent to an activating group) is 1. The van der Waals surface area contributed by atoms with Crippen molar-refractivity contribution in [2.75, 3.05) is 33.2 Å². The van der Waals surface area contributed by atoms with Crippen LogP contribution < -0.4 is 5.32 Å². The third kappa shape index (κ3) is 4.47. The molecule has 35 heavy (non-hydrogen) atoms. The number of nitrogens with one attached hydrogen (secondary N) is 1. The highest BCUT2D eigenvalue weighted by atomic mass is 32.1. The Balaban J connectivity index is 1.34. The monoisotopic (exact) mass is 495 g/mol. The molecule has 2 aromatic rings. The molecule has 0 bridgehead atoms. The molecule has 0 aromatic carbocycles.